The van der Waals surface area contributed by atoms with Gasteiger partial charge in [0.15, 0.2) is 0 Å². The summed E-state index contributed by atoms with van der Waals surface area (Å²) in [4.78, 5) is 0. The summed E-state index contributed by atoms with van der Waals surface area (Å²) in [6, 6.07) is 9.87. The number of rotatable bonds is 0. The first-order chi connectivity index (χ1) is 7.52. The third-order valence-corrected chi connectivity index (χ3v) is 3.08. The Labute approximate surface area is 121 Å². The van der Waals surface area contributed by atoms with E-state index in [1.807, 2.05) is 30.3 Å². The molecule has 0 saturated carbocycles. The Morgan fingerprint density at radius 2 is 1.59 bits per heavy atom. The van der Waals surface area contributed by atoms with E-state index in [0.29, 0.717) is 5.92 Å². The molecule has 0 saturated heterocycles. The molecule has 1 aliphatic carbocycles. The van der Waals surface area contributed by atoms with Gasteiger partial charge in [-0.15, -0.1) is 19.1 Å². The molecular formula is C16H20Ti. The average molecular weight is 260 g/mol. The first-order valence-corrected chi connectivity index (χ1v) is 5.67. The monoisotopic (exact) mass is 260 g/mol. The average Bonchev–Trinajstić information content (AvgIpc) is 2.48. The van der Waals surface area contributed by atoms with Crippen molar-refractivity contribution in [3.8, 4) is 0 Å². The van der Waals surface area contributed by atoms with Crippen LogP contribution in [0.2, 0.25) is 0 Å². The second kappa shape index (κ2) is 7.58. The zero-order valence-electron chi connectivity index (χ0n) is 11.2. The molecule has 0 aromatic heterocycles. The van der Waals surface area contributed by atoms with Gasteiger partial charge in [-0.05, 0) is 0 Å². The number of benzene rings is 1. The van der Waals surface area contributed by atoms with Gasteiger partial charge >= 0.3 is 21.7 Å². The van der Waals surface area contributed by atoms with Crippen molar-refractivity contribution in [1.29, 1.82) is 0 Å². The summed E-state index contributed by atoms with van der Waals surface area (Å²) in [5.74, 6) is 0.560. The van der Waals surface area contributed by atoms with Crippen molar-refractivity contribution in [1.82, 2.24) is 0 Å². The molecule has 0 bridgehead atoms. The van der Waals surface area contributed by atoms with Crippen LogP contribution in [0.1, 0.15) is 33.3 Å². The van der Waals surface area contributed by atoms with E-state index < -0.39 is 0 Å². The number of hydrogen-bond acceptors (Lipinski definition) is 0. The van der Waals surface area contributed by atoms with E-state index in [-0.39, 0.29) is 21.7 Å². The van der Waals surface area contributed by atoms with Crippen LogP contribution in [-0.2, 0) is 21.7 Å². The van der Waals surface area contributed by atoms with E-state index in [1.54, 1.807) is 0 Å². The molecule has 0 heterocycles. The Balaban J connectivity index is 0.000000292. The van der Waals surface area contributed by atoms with Crippen LogP contribution >= 0.6 is 0 Å². The predicted molar refractivity (Wildman–Crippen MR) is 70.9 cm³/mol. The SMILES string of the molecule is CC1=[C-]C(C)C(C)=C1C.[CH2-]c1ccccc1.[Ti+2]. The minimum absolute atomic E-state index is 0. The van der Waals surface area contributed by atoms with Gasteiger partial charge in [0.05, 0.1) is 0 Å². The Bertz CT molecular complexity index is 399. The molecule has 0 aliphatic heterocycles. The largest absolute Gasteiger partial charge is 2.00 e. The van der Waals surface area contributed by atoms with Crippen LogP contribution in [0.5, 0.6) is 0 Å². The van der Waals surface area contributed by atoms with Crippen molar-refractivity contribution in [2.75, 3.05) is 0 Å². The van der Waals surface area contributed by atoms with Gasteiger partial charge in [-0.25, -0.2) is 5.57 Å². The Morgan fingerprint density at radius 3 is 1.76 bits per heavy atom. The first-order valence-electron chi connectivity index (χ1n) is 5.67. The van der Waals surface area contributed by atoms with Crippen molar-refractivity contribution >= 4 is 0 Å². The van der Waals surface area contributed by atoms with Gasteiger partial charge < -0.3 is 0 Å². The van der Waals surface area contributed by atoms with Crippen molar-refractivity contribution in [3.05, 3.63) is 65.6 Å². The molecule has 0 amide bonds. The van der Waals surface area contributed by atoms with Crippen molar-refractivity contribution in [2.24, 2.45) is 5.92 Å². The first kappa shape index (κ1) is 16.3. The van der Waals surface area contributed by atoms with Crippen molar-refractivity contribution in [3.63, 3.8) is 0 Å². The maximum atomic E-state index is 3.72. The van der Waals surface area contributed by atoms with Gasteiger partial charge in [0.2, 0.25) is 0 Å². The maximum absolute atomic E-state index is 3.72. The fourth-order valence-electron chi connectivity index (χ4n) is 1.64. The quantitative estimate of drug-likeness (QED) is 0.473. The van der Waals surface area contributed by atoms with E-state index in [9.17, 15) is 0 Å². The smallest absolute Gasteiger partial charge is 0.266 e. The van der Waals surface area contributed by atoms with Crippen LogP contribution in [0.4, 0.5) is 0 Å². The van der Waals surface area contributed by atoms with Crippen LogP contribution in [-0.4, -0.2) is 0 Å². The van der Waals surface area contributed by atoms with Gasteiger partial charge in [-0.1, -0.05) is 32.8 Å². The van der Waals surface area contributed by atoms with Crippen molar-refractivity contribution in [2.45, 2.75) is 27.7 Å². The summed E-state index contributed by atoms with van der Waals surface area (Å²) in [6.45, 7) is 12.4. The molecule has 1 aromatic carbocycles. The van der Waals surface area contributed by atoms with Crippen LogP contribution in [0, 0.1) is 18.9 Å². The maximum Gasteiger partial charge on any atom is 2.00 e. The minimum Gasteiger partial charge on any atom is -0.266 e. The topological polar surface area (TPSA) is 0 Å². The standard InChI is InChI=1S/C9H13.C7H7.Ti/c1-6-5-7(2)9(4)8(6)3;1-7-5-3-2-4-6-7;/h6H,1-4H3;2-6H,1H2;/q2*-1;+2. The number of hydrogen-bond donors (Lipinski definition) is 0. The summed E-state index contributed by atoms with van der Waals surface area (Å²) in [5.41, 5.74) is 5.32. The third-order valence-electron chi connectivity index (χ3n) is 3.08. The fraction of sp³-hybridized carbons (Fsp3) is 0.312. The number of allylic oxidation sites excluding steroid dienone is 4. The second-order valence-corrected chi connectivity index (χ2v) is 4.28. The van der Waals surface area contributed by atoms with Gasteiger partial charge in [0, 0.05) is 0 Å². The molecule has 0 spiro atoms. The fourth-order valence-corrected chi connectivity index (χ4v) is 1.64. The van der Waals surface area contributed by atoms with Crippen molar-refractivity contribution < 1.29 is 21.7 Å². The molecule has 88 valence electrons. The van der Waals surface area contributed by atoms with Crippen LogP contribution in [0.3, 0.4) is 0 Å². The minimum atomic E-state index is 0. The van der Waals surface area contributed by atoms with E-state index in [1.165, 1.54) is 16.7 Å². The Hall–Kier alpha value is -0.716. The molecule has 17 heavy (non-hydrogen) atoms. The summed E-state index contributed by atoms with van der Waals surface area (Å²) in [5, 5.41) is 0. The summed E-state index contributed by atoms with van der Waals surface area (Å²) in [6.07, 6.45) is 3.36. The Morgan fingerprint density at radius 1 is 1.06 bits per heavy atom. The van der Waals surface area contributed by atoms with E-state index in [0.717, 1.165) is 5.56 Å². The van der Waals surface area contributed by atoms with Gasteiger partial charge in [0.25, 0.3) is 0 Å². The molecule has 1 heteroatoms. The predicted octanol–water partition coefficient (Wildman–Crippen LogP) is 4.59. The molecule has 1 atom stereocenters. The van der Waals surface area contributed by atoms with Gasteiger partial charge in [0.1, 0.15) is 0 Å². The second-order valence-electron chi connectivity index (χ2n) is 4.28. The summed E-state index contributed by atoms with van der Waals surface area (Å²) < 4.78 is 0. The van der Waals surface area contributed by atoms with Gasteiger partial charge in [-0.3, -0.25) is 6.08 Å². The molecular weight excluding hydrogens is 240 g/mol. The van der Waals surface area contributed by atoms with Crippen LogP contribution < -0.4 is 0 Å². The van der Waals surface area contributed by atoms with E-state index in [2.05, 4.69) is 40.7 Å². The summed E-state index contributed by atoms with van der Waals surface area (Å²) >= 11 is 0. The third kappa shape index (κ3) is 4.98. The molecule has 1 aliphatic rings. The van der Waals surface area contributed by atoms with Crippen LogP contribution in [0.15, 0.2) is 47.1 Å². The zero-order chi connectivity index (χ0) is 12.1. The molecule has 2 rings (SSSR count). The summed E-state index contributed by atoms with van der Waals surface area (Å²) in [7, 11) is 0. The molecule has 0 nitrogen and oxygen atoms in total. The Kier molecular flexibility index (Phi) is 7.26. The molecule has 0 fully saturated rings. The van der Waals surface area contributed by atoms with E-state index in [4.69, 9.17) is 0 Å². The van der Waals surface area contributed by atoms with E-state index >= 15 is 0 Å². The molecule has 0 N–H and O–H groups in total. The molecule has 0 radical (unpaired) electrons. The van der Waals surface area contributed by atoms with Gasteiger partial charge in [-0.2, -0.15) is 35.8 Å². The normalized spacial score (nSPS) is 17.9. The van der Waals surface area contributed by atoms with Crippen LogP contribution in [0.25, 0.3) is 0 Å². The molecule has 1 aromatic rings. The zero-order valence-corrected chi connectivity index (χ0v) is 12.7. The molecule has 1 unspecified atom stereocenters.